The van der Waals surface area contributed by atoms with Gasteiger partial charge in [0.2, 0.25) is 0 Å². The van der Waals surface area contributed by atoms with Crippen LogP contribution in [0.25, 0.3) is 0 Å². The highest BCUT2D eigenvalue weighted by molar-refractivity contribution is 7.17. The molecule has 0 saturated heterocycles. The Balaban J connectivity index is 1.43. The molecule has 3 aromatic rings. The lowest BCUT2D eigenvalue weighted by Gasteiger charge is -2.08. The molecule has 2 N–H and O–H groups in total. The molecule has 0 saturated carbocycles. The van der Waals surface area contributed by atoms with E-state index < -0.39 is 23.8 Å². The van der Waals surface area contributed by atoms with E-state index in [0.717, 1.165) is 42.5 Å². The van der Waals surface area contributed by atoms with Gasteiger partial charge in [0.1, 0.15) is 15.6 Å². The van der Waals surface area contributed by atoms with Crippen molar-refractivity contribution in [1.82, 2.24) is 5.43 Å². The number of hydrogen-bond acceptors (Lipinski definition) is 9. The minimum Gasteiger partial charge on any atom is -0.462 e. The molecule has 192 valence electrons. The number of rotatable bonds is 7. The Morgan fingerprint density at radius 2 is 1.81 bits per heavy atom. The number of fused-ring (bicyclic) bond motifs is 1. The number of nitrogens with zero attached hydrogens (tertiary/aromatic N) is 1. The van der Waals surface area contributed by atoms with Gasteiger partial charge in [-0.3, -0.25) is 9.59 Å². The van der Waals surface area contributed by atoms with Crippen LogP contribution in [0.2, 0.25) is 0 Å². The highest BCUT2D eigenvalue weighted by atomic mass is 32.1. The lowest BCUT2D eigenvalue weighted by atomic mass is 10.1. The third kappa shape index (κ3) is 6.49. The number of hydrogen-bond donors (Lipinski definition) is 2. The third-order valence-corrected chi connectivity index (χ3v) is 7.61. The molecule has 0 radical (unpaired) electrons. The van der Waals surface area contributed by atoms with Crippen LogP contribution in [-0.2, 0) is 27.2 Å². The summed E-state index contributed by atoms with van der Waals surface area (Å²) in [6, 6.07) is 10.1. The van der Waals surface area contributed by atoms with Gasteiger partial charge in [0.25, 0.3) is 0 Å². The van der Waals surface area contributed by atoms with Gasteiger partial charge in [-0.25, -0.2) is 15.0 Å². The van der Waals surface area contributed by atoms with E-state index in [1.54, 1.807) is 48.7 Å². The van der Waals surface area contributed by atoms with Crippen LogP contribution in [0.15, 0.2) is 46.9 Å². The van der Waals surface area contributed by atoms with Gasteiger partial charge < -0.3 is 14.8 Å². The van der Waals surface area contributed by atoms with Crippen LogP contribution in [0.4, 0.5) is 5.00 Å². The van der Waals surface area contributed by atoms with E-state index in [0.29, 0.717) is 21.0 Å². The molecule has 9 nitrogen and oxygen atoms in total. The maximum Gasteiger partial charge on any atom is 0.353 e. The van der Waals surface area contributed by atoms with Crippen molar-refractivity contribution in [1.29, 1.82) is 0 Å². The quantitative estimate of drug-likeness (QED) is 0.113. The average molecular weight is 540 g/mol. The van der Waals surface area contributed by atoms with E-state index in [2.05, 4.69) is 15.8 Å². The van der Waals surface area contributed by atoms with Gasteiger partial charge in [-0.15, -0.1) is 22.7 Å². The van der Waals surface area contributed by atoms with Gasteiger partial charge in [-0.1, -0.05) is 24.6 Å². The molecule has 2 amide bonds. The van der Waals surface area contributed by atoms with Crippen molar-refractivity contribution in [3.63, 3.8) is 0 Å². The molecule has 0 spiro atoms. The molecule has 4 rings (SSSR count). The molecule has 2 aromatic heterocycles. The molecule has 0 unspecified atom stereocenters. The van der Waals surface area contributed by atoms with Crippen molar-refractivity contribution in [2.24, 2.45) is 5.10 Å². The van der Waals surface area contributed by atoms with Crippen molar-refractivity contribution >= 4 is 57.6 Å². The molecule has 1 aliphatic carbocycles. The number of benzene rings is 1. The lowest BCUT2D eigenvalue weighted by molar-refractivity contribution is -0.136. The van der Waals surface area contributed by atoms with Crippen molar-refractivity contribution in [2.75, 3.05) is 11.9 Å². The van der Waals surface area contributed by atoms with Crippen LogP contribution in [0.5, 0.6) is 5.75 Å². The lowest BCUT2D eigenvalue weighted by Crippen LogP contribution is -2.32. The Kier molecular flexibility index (Phi) is 8.81. The fourth-order valence-corrected chi connectivity index (χ4v) is 5.72. The molecule has 11 heteroatoms. The molecule has 0 atom stereocenters. The first-order valence-corrected chi connectivity index (χ1v) is 13.5. The Morgan fingerprint density at radius 3 is 2.59 bits per heavy atom. The average Bonchev–Trinajstić information content (AvgIpc) is 3.48. The second-order valence-corrected chi connectivity index (χ2v) is 10.1. The second kappa shape index (κ2) is 12.4. The van der Waals surface area contributed by atoms with Crippen molar-refractivity contribution in [3.05, 3.63) is 68.2 Å². The number of ether oxygens (including phenoxy) is 2. The van der Waals surface area contributed by atoms with Gasteiger partial charge in [-0.05, 0) is 61.7 Å². The summed E-state index contributed by atoms with van der Waals surface area (Å²) in [4.78, 5) is 51.4. The zero-order chi connectivity index (χ0) is 26.2. The molecular formula is C26H25N3O6S2. The maximum absolute atomic E-state index is 12.6. The first kappa shape index (κ1) is 26.2. The van der Waals surface area contributed by atoms with Crippen LogP contribution >= 0.6 is 22.7 Å². The Labute approximate surface area is 221 Å². The summed E-state index contributed by atoms with van der Waals surface area (Å²) in [6.07, 6.45) is 5.84. The Morgan fingerprint density at radius 1 is 1.00 bits per heavy atom. The highest BCUT2D eigenvalue weighted by Gasteiger charge is 2.27. The maximum atomic E-state index is 12.6. The summed E-state index contributed by atoms with van der Waals surface area (Å²) >= 11 is 2.56. The summed E-state index contributed by atoms with van der Waals surface area (Å²) in [6.45, 7) is 1.92. The van der Waals surface area contributed by atoms with Crippen LogP contribution < -0.4 is 15.5 Å². The minimum absolute atomic E-state index is 0.205. The third-order valence-electron chi connectivity index (χ3n) is 5.55. The van der Waals surface area contributed by atoms with Gasteiger partial charge in [0, 0.05) is 10.4 Å². The number of hydrazone groups is 1. The summed E-state index contributed by atoms with van der Waals surface area (Å²) in [5, 5.41) is 8.47. The predicted octanol–water partition coefficient (Wildman–Crippen LogP) is 4.56. The van der Waals surface area contributed by atoms with E-state index in [1.165, 1.54) is 28.9 Å². The molecule has 2 heterocycles. The predicted molar refractivity (Wildman–Crippen MR) is 142 cm³/mol. The molecule has 0 bridgehead atoms. The number of para-hydroxylation sites is 1. The smallest absolute Gasteiger partial charge is 0.353 e. The van der Waals surface area contributed by atoms with E-state index >= 15 is 0 Å². The van der Waals surface area contributed by atoms with Crippen LogP contribution in [0.1, 0.15) is 62.2 Å². The number of anilines is 1. The summed E-state index contributed by atoms with van der Waals surface area (Å²) in [7, 11) is 0. The largest absolute Gasteiger partial charge is 0.462 e. The number of thiophene rings is 2. The van der Waals surface area contributed by atoms with Crippen molar-refractivity contribution in [3.8, 4) is 5.75 Å². The second-order valence-electron chi connectivity index (χ2n) is 8.05. The molecule has 37 heavy (non-hydrogen) atoms. The van der Waals surface area contributed by atoms with Gasteiger partial charge >= 0.3 is 23.8 Å². The number of carbonyl (C=O) groups excluding carboxylic acids is 4. The summed E-state index contributed by atoms with van der Waals surface area (Å²) in [5.41, 5.74) is 3.82. The number of carbonyl (C=O) groups is 4. The van der Waals surface area contributed by atoms with Gasteiger partial charge in [-0.2, -0.15) is 5.10 Å². The molecular weight excluding hydrogens is 514 g/mol. The molecule has 1 aromatic carbocycles. The number of aryl methyl sites for hydroxylation is 1. The van der Waals surface area contributed by atoms with E-state index in [9.17, 15) is 19.2 Å². The van der Waals surface area contributed by atoms with Gasteiger partial charge in [0.05, 0.1) is 18.4 Å². The molecule has 1 aliphatic rings. The van der Waals surface area contributed by atoms with Crippen LogP contribution in [0, 0.1) is 0 Å². The van der Waals surface area contributed by atoms with Crippen LogP contribution in [0.3, 0.4) is 0 Å². The van der Waals surface area contributed by atoms with E-state index in [4.69, 9.17) is 9.47 Å². The first-order valence-electron chi connectivity index (χ1n) is 11.8. The van der Waals surface area contributed by atoms with E-state index in [1.807, 2.05) is 0 Å². The van der Waals surface area contributed by atoms with Crippen molar-refractivity contribution < 1.29 is 28.7 Å². The van der Waals surface area contributed by atoms with Crippen molar-refractivity contribution in [2.45, 2.75) is 39.0 Å². The Hall–Kier alpha value is -3.83. The number of nitrogens with one attached hydrogen (secondary N) is 2. The van der Waals surface area contributed by atoms with E-state index in [-0.39, 0.29) is 12.4 Å². The fourth-order valence-electron chi connectivity index (χ4n) is 3.85. The Bertz CT molecular complexity index is 1330. The summed E-state index contributed by atoms with van der Waals surface area (Å²) < 4.78 is 10.6. The highest BCUT2D eigenvalue weighted by Crippen LogP contribution is 2.38. The van der Waals surface area contributed by atoms with Gasteiger partial charge in [0.15, 0.2) is 0 Å². The number of esters is 2. The standard InChI is InChI=1S/C26H25N3O6S2/c1-2-34-26(33)21-17-10-4-3-5-12-19(17)37-24(21)28-22(30)23(31)29-27-15-16-9-6-7-11-18(16)35-25(32)20-13-8-14-36-20/h6-9,11,13-15H,2-5,10,12H2,1H3,(H,28,30)(H,29,31)/b27-15+. The zero-order valence-electron chi connectivity index (χ0n) is 20.1. The summed E-state index contributed by atoms with van der Waals surface area (Å²) in [5.74, 6) is -2.74. The van der Waals surface area contributed by atoms with Crippen LogP contribution in [-0.4, -0.2) is 36.6 Å². The minimum atomic E-state index is -1.01. The topological polar surface area (TPSA) is 123 Å². The first-order chi connectivity index (χ1) is 18.0. The molecule has 0 aliphatic heterocycles. The normalized spacial score (nSPS) is 12.9. The number of amides is 2. The SMILES string of the molecule is CCOC(=O)c1c(NC(=O)C(=O)N/N=C/c2ccccc2OC(=O)c2cccs2)sc2c1CCCCC2. The fraction of sp³-hybridized carbons (Fsp3) is 0.269. The molecule has 0 fully saturated rings. The monoisotopic (exact) mass is 539 g/mol. The zero-order valence-corrected chi connectivity index (χ0v) is 21.7.